The highest BCUT2D eigenvalue weighted by molar-refractivity contribution is 5.89. The Bertz CT molecular complexity index is 913. The van der Waals surface area contributed by atoms with Gasteiger partial charge < -0.3 is 19.9 Å². The van der Waals surface area contributed by atoms with Crippen LogP contribution < -0.4 is 19.9 Å². The summed E-state index contributed by atoms with van der Waals surface area (Å²) >= 11 is 0. The maximum absolute atomic E-state index is 13.9. The smallest absolute Gasteiger partial charge is 0.218 e. The van der Waals surface area contributed by atoms with Crippen LogP contribution in [0.2, 0.25) is 0 Å². The molecule has 2 N–H and O–H groups in total. The van der Waals surface area contributed by atoms with Crippen LogP contribution in [0.15, 0.2) is 30.3 Å². The molecule has 5 nitrogen and oxygen atoms in total. The molecular weight excluding hydrogens is 361 g/mol. The van der Waals surface area contributed by atoms with E-state index in [1.807, 2.05) is 25.1 Å². The number of primary amides is 1. The van der Waals surface area contributed by atoms with Crippen LogP contribution >= 0.6 is 0 Å². The van der Waals surface area contributed by atoms with Gasteiger partial charge in [0.15, 0.2) is 11.5 Å². The number of carbonyl (C=O) groups is 1. The number of rotatable bonds is 6. The van der Waals surface area contributed by atoms with E-state index >= 15 is 0 Å². The lowest BCUT2D eigenvalue weighted by molar-refractivity contribution is -0.118. The summed E-state index contributed by atoms with van der Waals surface area (Å²) in [5, 5.41) is 0. The fourth-order valence-electron chi connectivity index (χ4n) is 3.91. The number of amides is 1. The van der Waals surface area contributed by atoms with Gasteiger partial charge in [0.2, 0.25) is 11.7 Å². The van der Waals surface area contributed by atoms with Crippen molar-refractivity contribution >= 4 is 17.6 Å². The molecule has 0 bridgehead atoms. The van der Waals surface area contributed by atoms with Crippen LogP contribution in [0, 0.1) is 11.7 Å². The fourth-order valence-corrected chi connectivity index (χ4v) is 3.91. The maximum atomic E-state index is 13.9. The highest BCUT2D eigenvalue weighted by Gasteiger charge is 2.34. The van der Waals surface area contributed by atoms with Crippen molar-refractivity contribution in [3.05, 3.63) is 52.8 Å². The quantitative estimate of drug-likeness (QED) is 0.816. The van der Waals surface area contributed by atoms with E-state index in [4.69, 9.17) is 19.9 Å². The second kappa shape index (κ2) is 7.92. The first-order valence-corrected chi connectivity index (χ1v) is 8.99. The predicted molar refractivity (Wildman–Crippen MR) is 106 cm³/mol. The van der Waals surface area contributed by atoms with Gasteiger partial charge >= 0.3 is 0 Å². The van der Waals surface area contributed by atoms with Crippen molar-refractivity contribution in [1.29, 1.82) is 0 Å². The third kappa shape index (κ3) is 3.54. The van der Waals surface area contributed by atoms with Crippen molar-refractivity contribution in [3.8, 4) is 17.2 Å². The molecule has 0 saturated carbocycles. The van der Waals surface area contributed by atoms with Gasteiger partial charge in [-0.05, 0) is 58.4 Å². The van der Waals surface area contributed by atoms with Crippen LogP contribution in [0.25, 0.3) is 11.6 Å². The molecule has 28 heavy (non-hydrogen) atoms. The van der Waals surface area contributed by atoms with Crippen molar-refractivity contribution in [1.82, 2.24) is 0 Å². The lowest BCUT2D eigenvalue weighted by Crippen LogP contribution is -2.17. The summed E-state index contributed by atoms with van der Waals surface area (Å²) in [5.74, 6) is 0.732. The van der Waals surface area contributed by atoms with Crippen molar-refractivity contribution in [2.45, 2.75) is 19.3 Å². The number of carbonyl (C=O) groups excluding carboxylic acids is 1. The molecule has 6 heteroatoms. The van der Waals surface area contributed by atoms with Gasteiger partial charge in [0.1, 0.15) is 5.82 Å². The molecule has 2 aromatic carbocycles. The minimum Gasteiger partial charge on any atom is -0.493 e. The Morgan fingerprint density at radius 1 is 1.11 bits per heavy atom. The van der Waals surface area contributed by atoms with E-state index in [-0.39, 0.29) is 24.1 Å². The summed E-state index contributed by atoms with van der Waals surface area (Å²) in [6.45, 7) is 2.02. The first-order chi connectivity index (χ1) is 13.4. The van der Waals surface area contributed by atoms with E-state index in [0.717, 1.165) is 22.3 Å². The highest BCUT2D eigenvalue weighted by Crippen LogP contribution is 2.49. The number of benzene rings is 2. The van der Waals surface area contributed by atoms with Crippen LogP contribution in [-0.2, 0) is 4.79 Å². The number of fused-ring (bicyclic) bond motifs is 1. The topological polar surface area (TPSA) is 70.8 Å². The van der Waals surface area contributed by atoms with Crippen LogP contribution in [0.4, 0.5) is 4.39 Å². The molecule has 0 fully saturated rings. The van der Waals surface area contributed by atoms with Gasteiger partial charge in [-0.1, -0.05) is 19.1 Å². The van der Waals surface area contributed by atoms with Crippen molar-refractivity contribution in [2.75, 3.05) is 21.3 Å². The first kappa shape index (κ1) is 19.7. The number of hydrogen-bond acceptors (Lipinski definition) is 4. The normalized spacial score (nSPS) is 19.4. The van der Waals surface area contributed by atoms with Crippen molar-refractivity contribution < 1.29 is 23.4 Å². The molecule has 0 radical (unpaired) electrons. The number of halogens is 1. The third-order valence-electron chi connectivity index (χ3n) is 5.25. The van der Waals surface area contributed by atoms with Crippen LogP contribution in [0.5, 0.6) is 17.2 Å². The largest absolute Gasteiger partial charge is 0.493 e. The Hall–Kier alpha value is -3.02. The number of ether oxygens (including phenoxy) is 3. The molecule has 1 amide bonds. The lowest BCUT2D eigenvalue weighted by atomic mass is 9.88. The Labute approximate surface area is 163 Å². The van der Waals surface area contributed by atoms with Crippen LogP contribution in [-0.4, -0.2) is 27.2 Å². The Kier molecular flexibility index (Phi) is 5.58. The zero-order valence-corrected chi connectivity index (χ0v) is 16.4. The standard InChI is InChI=1S/C22H24FNO4/c1-12-16(7-13-8-19(26-2)22(28-4)20(9-13)27-3)15-6-5-14(23)10-18(15)17(12)11-21(24)25/h5-10,12,17H,11H2,1-4H3,(H2,24,25)/b16-7-. The van der Waals surface area contributed by atoms with E-state index in [1.54, 1.807) is 27.4 Å². The molecule has 148 valence electrons. The number of hydrogen-bond donors (Lipinski definition) is 1. The molecule has 0 aromatic heterocycles. The molecule has 2 aromatic rings. The molecule has 1 aliphatic carbocycles. The average Bonchev–Trinajstić information content (AvgIpc) is 2.91. The minimum absolute atomic E-state index is 0.00314. The van der Waals surface area contributed by atoms with E-state index in [9.17, 15) is 9.18 Å². The van der Waals surface area contributed by atoms with Crippen LogP contribution in [0.3, 0.4) is 0 Å². The third-order valence-corrected chi connectivity index (χ3v) is 5.25. The zero-order valence-electron chi connectivity index (χ0n) is 16.4. The van der Waals surface area contributed by atoms with Crippen molar-refractivity contribution in [3.63, 3.8) is 0 Å². The van der Waals surface area contributed by atoms with Crippen LogP contribution in [0.1, 0.15) is 36.0 Å². The van der Waals surface area contributed by atoms with Gasteiger partial charge in [0.25, 0.3) is 0 Å². The minimum atomic E-state index is -0.402. The van der Waals surface area contributed by atoms with Gasteiger partial charge in [-0.2, -0.15) is 0 Å². The fraction of sp³-hybridized carbons (Fsp3) is 0.318. The van der Waals surface area contributed by atoms with E-state index < -0.39 is 5.91 Å². The molecule has 0 aliphatic heterocycles. The predicted octanol–water partition coefficient (Wildman–Crippen LogP) is 4.00. The molecule has 0 saturated heterocycles. The molecule has 2 atom stereocenters. The zero-order chi connectivity index (χ0) is 20.4. The molecular formula is C22H24FNO4. The summed E-state index contributed by atoms with van der Waals surface area (Å²) < 4.78 is 30.1. The molecule has 1 aliphatic rings. The monoisotopic (exact) mass is 385 g/mol. The second-order valence-corrected chi connectivity index (χ2v) is 6.86. The summed E-state index contributed by atoms with van der Waals surface area (Å²) in [6, 6.07) is 8.39. The number of allylic oxidation sites excluding steroid dienone is 1. The van der Waals surface area contributed by atoms with Gasteiger partial charge in [-0.3, -0.25) is 4.79 Å². The average molecular weight is 385 g/mol. The Morgan fingerprint density at radius 2 is 1.75 bits per heavy atom. The number of nitrogens with two attached hydrogens (primary N) is 1. The Balaban J connectivity index is 2.13. The second-order valence-electron chi connectivity index (χ2n) is 6.86. The van der Waals surface area contributed by atoms with Crippen molar-refractivity contribution in [2.24, 2.45) is 11.7 Å². The Morgan fingerprint density at radius 3 is 2.29 bits per heavy atom. The van der Waals surface area contributed by atoms with Gasteiger partial charge in [-0.25, -0.2) is 4.39 Å². The molecule has 2 unspecified atom stereocenters. The van der Waals surface area contributed by atoms with Gasteiger partial charge in [0, 0.05) is 6.42 Å². The first-order valence-electron chi connectivity index (χ1n) is 8.99. The lowest BCUT2D eigenvalue weighted by Gasteiger charge is -2.16. The number of methoxy groups -OCH3 is 3. The van der Waals surface area contributed by atoms with E-state index in [2.05, 4.69) is 0 Å². The molecule has 0 heterocycles. The van der Waals surface area contributed by atoms with Gasteiger partial charge in [-0.15, -0.1) is 0 Å². The van der Waals surface area contributed by atoms with Gasteiger partial charge in [0.05, 0.1) is 21.3 Å². The van der Waals surface area contributed by atoms with E-state index in [1.165, 1.54) is 12.1 Å². The summed E-state index contributed by atoms with van der Waals surface area (Å²) in [4.78, 5) is 11.6. The maximum Gasteiger partial charge on any atom is 0.218 e. The van der Waals surface area contributed by atoms with E-state index in [0.29, 0.717) is 17.2 Å². The highest BCUT2D eigenvalue weighted by atomic mass is 19.1. The summed E-state index contributed by atoms with van der Waals surface area (Å²) in [6.07, 6.45) is 2.18. The molecule has 3 rings (SSSR count). The summed E-state index contributed by atoms with van der Waals surface area (Å²) in [7, 11) is 4.68. The molecule has 0 spiro atoms. The summed E-state index contributed by atoms with van der Waals surface area (Å²) in [5.41, 5.74) is 9.03. The SMILES string of the molecule is COc1cc(/C=C2\c3ccc(F)cc3C(CC(N)=O)C2C)cc(OC)c1OC.